The van der Waals surface area contributed by atoms with Gasteiger partial charge in [-0.05, 0) is 137 Å². The number of benzene rings is 4. The second kappa shape index (κ2) is 22.2. The molecule has 0 aromatic heterocycles. The van der Waals surface area contributed by atoms with Gasteiger partial charge < -0.3 is 24.8 Å². The van der Waals surface area contributed by atoms with Gasteiger partial charge in [-0.3, -0.25) is 9.80 Å². The number of carbonyl (C=O) groups is 1. The average molecular weight is 920 g/mol. The van der Waals surface area contributed by atoms with E-state index >= 15 is 0 Å². The number of nitrogens with one attached hydrogen (secondary N) is 1. The van der Waals surface area contributed by atoms with Crippen LogP contribution in [0.25, 0.3) is 0 Å². The van der Waals surface area contributed by atoms with Crippen LogP contribution in [0.3, 0.4) is 0 Å². The Labute approximate surface area is 353 Å². The molecule has 2 aliphatic heterocycles. The lowest BCUT2D eigenvalue weighted by Gasteiger charge is -2.37. The van der Waals surface area contributed by atoms with Gasteiger partial charge in [-0.2, -0.15) is 0 Å². The lowest BCUT2D eigenvalue weighted by atomic mass is 9.96. The summed E-state index contributed by atoms with van der Waals surface area (Å²) in [6.07, 6.45) is 3.41. The third kappa shape index (κ3) is 14.0. The minimum atomic E-state index is -0.823. The zero-order valence-corrected chi connectivity index (χ0v) is 36.3. The van der Waals surface area contributed by atoms with E-state index in [9.17, 15) is 9.90 Å². The Morgan fingerprint density at radius 3 is 1.58 bits per heavy atom. The van der Waals surface area contributed by atoms with Gasteiger partial charge in [-0.15, -0.1) is 0 Å². The molecule has 2 N–H and O–H groups in total. The topological polar surface area (TPSA) is 77.5 Å². The van der Waals surface area contributed by atoms with E-state index in [4.69, 9.17) is 32.7 Å². The number of rotatable bonds is 14. The van der Waals surface area contributed by atoms with E-state index in [1.54, 1.807) is 4.90 Å². The van der Waals surface area contributed by atoms with Gasteiger partial charge in [0.2, 0.25) is 0 Å². The van der Waals surface area contributed by atoms with Gasteiger partial charge in [-0.1, -0.05) is 79.3 Å². The van der Waals surface area contributed by atoms with Crippen LogP contribution >= 0.6 is 55.1 Å². The number of halogens is 4. The van der Waals surface area contributed by atoms with Crippen LogP contribution in [0.1, 0.15) is 54.9 Å². The molecule has 6 rings (SSSR count). The van der Waals surface area contributed by atoms with Crippen molar-refractivity contribution < 1.29 is 19.4 Å². The van der Waals surface area contributed by atoms with Gasteiger partial charge in [0, 0.05) is 68.9 Å². The van der Waals surface area contributed by atoms with Gasteiger partial charge in [0.25, 0.3) is 0 Å². The van der Waals surface area contributed by atoms with Crippen molar-refractivity contribution in [1.29, 1.82) is 0 Å². The molecule has 0 atom stereocenters. The molecular weight excluding hydrogens is 867 g/mol. The first-order valence-corrected chi connectivity index (χ1v) is 21.3. The van der Waals surface area contributed by atoms with Crippen molar-refractivity contribution in [2.75, 3.05) is 46.3 Å². The number of ether oxygens (including phenoxy) is 2. The highest BCUT2D eigenvalue weighted by Gasteiger charge is 2.27. The Morgan fingerprint density at radius 1 is 0.745 bits per heavy atom. The third-order valence-corrected chi connectivity index (χ3v) is 11.7. The summed E-state index contributed by atoms with van der Waals surface area (Å²) in [6.45, 7) is 10.3. The second-order valence-electron chi connectivity index (χ2n) is 14.2. The van der Waals surface area contributed by atoms with Crippen molar-refractivity contribution in [3.63, 3.8) is 0 Å². The van der Waals surface area contributed by atoms with Crippen LogP contribution in [0.15, 0.2) is 93.9 Å². The predicted octanol–water partition coefficient (Wildman–Crippen LogP) is 10.8. The molecular formula is C43H52Br2Cl2N4O4. The predicted molar refractivity (Wildman–Crippen MR) is 230 cm³/mol. The van der Waals surface area contributed by atoms with Crippen molar-refractivity contribution in [1.82, 2.24) is 20.0 Å². The number of likely N-dealkylation sites (tertiary alicyclic amines) is 2. The molecule has 2 aliphatic rings. The molecule has 4 aromatic rings. The standard InChI is InChI=1S/C22H26BrClN2O3.C21H26BrClN2O/c1-2-26(22(27)28)20-9-11-25(12-10-20)14-17-13-18(23)5-8-21(17)29-15-16-3-6-19(24)7-4-16;1-24-13-16-8-10-25(11-9-16)14-18-12-19(22)4-7-21(18)26-15-17-2-5-20(23)6-3-17/h3-8,13,20H,2,9-12,14-15H2,1H3,(H,27,28);2-7,12,16,24H,8-11,13-15H2,1H3. The molecule has 12 heteroatoms. The fraction of sp³-hybridized carbons (Fsp3) is 0.419. The highest BCUT2D eigenvalue weighted by molar-refractivity contribution is 9.10. The van der Waals surface area contributed by atoms with Crippen LogP contribution in [-0.4, -0.2) is 78.3 Å². The monoisotopic (exact) mass is 916 g/mol. The molecule has 8 nitrogen and oxygen atoms in total. The Bertz CT molecular complexity index is 1780. The molecule has 2 fully saturated rings. The molecule has 0 aliphatic carbocycles. The summed E-state index contributed by atoms with van der Waals surface area (Å²) in [5.41, 5.74) is 4.55. The zero-order chi connectivity index (χ0) is 39.2. The number of hydrogen-bond acceptors (Lipinski definition) is 6. The highest BCUT2D eigenvalue weighted by atomic mass is 79.9. The lowest BCUT2D eigenvalue weighted by Crippen LogP contribution is -2.46. The van der Waals surface area contributed by atoms with Crippen LogP contribution < -0.4 is 14.8 Å². The number of piperidine rings is 2. The number of hydrogen-bond donors (Lipinski definition) is 2. The fourth-order valence-corrected chi connectivity index (χ4v) is 8.24. The smallest absolute Gasteiger partial charge is 0.407 e. The fourth-order valence-electron chi connectivity index (χ4n) is 7.17. The molecule has 55 heavy (non-hydrogen) atoms. The Hall–Kier alpha value is -2.83. The van der Waals surface area contributed by atoms with Crippen LogP contribution in [-0.2, 0) is 26.3 Å². The molecule has 4 aromatic carbocycles. The third-order valence-electron chi connectivity index (χ3n) is 10.2. The van der Waals surface area contributed by atoms with E-state index in [0.717, 1.165) is 107 Å². The van der Waals surface area contributed by atoms with Crippen molar-refractivity contribution in [2.45, 2.75) is 65.0 Å². The summed E-state index contributed by atoms with van der Waals surface area (Å²) in [5, 5.41) is 14.1. The van der Waals surface area contributed by atoms with E-state index in [0.29, 0.717) is 24.8 Å². The minimum Gasteiger partial charge on any atom is -0.489 e. The summed E-state index contributed by atoms with van der Waals surface area (Å²) in [4.78, 5) is 17.8. The van der Waals surface area contributed by atoms with E-state index < -0.39 is 6.09 Å². The number of nitrogens with zero attached hydrogens (tertiary/aromatic N) is 3. The van der Waals surface area contributed by atoms with Gasteiger partial charge in [0.05, 0.1) is 0 Å². The maximum Gasteiger partial charge on any atom is 0.407 e. The number of carboxylic acid groups (broad SMARTS) is 1. The lowest BCUT2D eigenvalue weighted by molar-refractivity contribution is 0.0914. The van der Waals surface area contributed by atoms with Gasteiger partial charge in [-0.25, -0.2) is 4.79 Å². The summed E-state index contributed by atoms with van der Waals surface area (Å²) < 4.78 is 14.3. The average Bonchev–Trinajstić information content (AvgIpc) is 3.17. The largest absolute Gasteiger partial charge is 0.489 e. The quantitative estimate of drug-likeness (QED) is 0.130. The first kappa shape index (κ1) is 43.3. The first-order chi connectivity index (χ1) is 26.6. The summed E-state index contributed by atoms with van der Waals surface area (Å²) in [5.74, 6) is 2.63. The van der Waals surface area contributed by atoms with Crippen molar-refractivity contribution in [3.8, 4) is 11.5 Å². The van der Waals surface area contributed by atoms with E-state index in [1.165, 1.54) is 18.4 Å². The highest BCUT2D eigenvalue weighted by Crippen LogP contribution is 2.29. The Morgan fingerprint density at radius 2 is 1.18 bits per heavy atom. The summed E-state index contributed by atoms with van der Waals surface area (Å²) in [6, 6.07) is 27.9. The van der Waals surface area contributed by atoms with E-state index in [-0.39, 0.29) is 6.04 Å². The first-order valence-electron chi connectivity index (χ1n) is 19.0. The van der Waals surface area contributed by atoms with Crippen LogP contribution in [0.5, 0.6) is 11.5 Å². The Balaban J connectivity index is 0.000000212. The van der Waals surface area contributed by atoms with Crippen molar-refractivity contribution >= 4 is 61.2 Å². The van der Waals surface area contributed by atoms with Crippen molar-refractivity contribution in [3.05, 3.63) is 126 Å². The van der Waals surface area contributed by atoms with E-state index in [2.05, 4.69) is 65.2 Å². The maximum atomic E-state index is 11.4. The molecule has 1 amide bonds. The minimum absolute atomic E-state index is 0.108. The normalized spacial score (nSPS) is 15.6. The zero-order valence-electron chi connectivity index (χ0n) is 31.7. The molecule has 296 valence electrons. The molecule has 0 spiro atoms. The van der Waals surface area contributed by atoms with Crippen LogP contribution in [0.2, 0.25) is 10.0 Å². The molecule has 0 bridgehead atoms. The van der Waals surface area contributed by atoms with Crippen molar-refractivity contribution in [2.24, 2.45) is 5.92 Å². The number of amides is 1. The van der Waals surface area contributed by atoms with Crippen LogP contribution in [0.4, 0.5) is 4.79 Å². The van der Waals surface area contributed by atoms with Gasteiger partial charge >= 0.3 is 6.09 Å². The molecule has 0 radical (unpaired) electrons. The summed E-state index contributed by atoms with van der Waals surface area (Å²) >= 11 is 19.1. The molecule has 0 saturated carbocycles. The van der Waals surface area contributed by atoms with E-state index in [1.807, 2.05) is 80.7 Å². The maximum absolute atomic E-state index is 11.4. The van der Waals surface area contributed by atoms with Gasteiger partial charge in [0.1, 0.15) is 24.7 Å². The molecule has 0 unspecified atom stereocenters. The second-order valence-corrected chi connectivity index (χ2v) is 16.9. The Kier molecular flexibility index (Phi) is 17.5. The molecule has 2 saturated heterocycles. The van der Waals surface area contributed by atoms with Crippen LogP contribution in [0, 0.1) is 5.92 Å². The molecule has 2 heterocycles. The van der Waals surface area contributed by atoms with Gasteiger partial charge in [0.15, 0.2) is 0 Å². The summed E-state index contributed by atoms with van der Waals surface area (Å²) in [7, 11) is 2.04. The SMILES string of the molecule is CCN(C(=O)O)C1CCN(Cc2cc(Br)ccc2OCc2ccc(Cl)cc2)CC1.CNCC1CCN(Cc2cc(Br)ccc2OCc2ccc(Cl)cc2)CC1.